The summed E-state index contributed by atoms with van der Waals surface area (Å²) in [5, 5.41) is 2.74. The van der Waals surface area contributed by atoms with Crippen molar-refractivity contribution in [2.24, 2.45) is 5.73 Å². The highest BCUT2D eigenvalue weighted by Crippen LogP contribution is 2.35. The molecule has 2 aromatic rings. The third kappa shape index (κ3) is 4.00. The summed E-state index contributed by atoms with van der Waals surface area (Å²) in [5.41, 5.74) is 9.02. The molecule has 36 heavy (non-hydrogen) atoms. The van der Waals surface area contributed by atoms with Gasteiger partial charge in [0.05, 0.1) is 24.4 Å². The Morgan fingerprint density at radius 1 is 1.14 bits per heavy atom. The number of halogens is 1. The standard InChI is InChI=1S/C26H30FN5O4/c1-15-21(14-19-18-13-17(27)3-4-20(18)30-23(19)33)29-16(2)22(15)24(34)31-7-5-26(6-8-31,25(28)35)32-9-11-36-12-10-32/h3-4,13-14,29H,5-12H2,1-2H3,(H2,28,35)(H,30,33). The van der Waals surface area contributed by atoms with E-state index in [4.69, 9.17) is 10.5 Å². The van der Waals surface area contributed by atoms with Gasteiger partial charge in [0.2, 0.25) is 5.91 Å². The SMILES string of the molecule is Cc1[nH]c(C=C2C(=O)Nc3ccc(F)cc32)c(C)c1C(=O)N1CCC(C(N)=O)(N2CCOCC2)CC1. The van der Waals surface area contributed by atoms with Crippen LogP contribution in [0.1, 0.15) is 45.7 Å². The summed E-state index contributed by atoms with van der Waals surface area (Å²) in [4.78, 5) is 45.7. The van der Waals surface area contributed by atoms with Gasteiger partial charge in [-0.1, -0.05) is 0 Å². The Hall–Kier alpha value is -3.50. The molecule has 0 saturated carbocycles. The van der Waals surface area contributed by atoms with Crippen molar-refractivity contribution in [1.82, 2.24) is 14.8 Å². The van der Waals surface area contributed by atoms with E-state index in [2.05, 4.69) is 15.2 Å². The molecule has 2 saturated heterocycles. The van der Waals surface area contributed by atoms with E-state index in [0.717, 1.165) is 0 Å². The summed E-state index contributed by atoms with van der Waals surface area (Å²) in [6.45, 7) is 6.88. The summed E-state index contributed by atoms with van der Waals surface area (Å²) < 4.78 is 19.3. The number of piperidine rings is 1. The topological polar surface area (TPSA) is 121 Å². The quantitative estimate of drug-likeness (QED) is 0.561. The van der Waals surface area contributed by atoms with Gasteiger partial charge in [-0.2, -0.15) is 0 Å². The molecule has 0 spiro atoms. The number of rotatable bonds is 4. The van der Waals surface area contributed by atoms with Crippen molar-refractivity contribution in [2.45, 2.75) is 32.2 Å². The van der Waals surface area contributed by atoms with Crippen molar-refractivity contribution < 1.29 is 23.5 Å². The average molecular weight is 496 g/mol. The molecule has 4 N–H and O–H groups in total. The molecule has 190 valence electrons. The van der Waals surface area contributed by atoms with E-state index in [1.54, 1.807) is 11.0 Å². The highest BCUT2D eigenvalue weighted by molar-refractivity contribution is 6.34. The lowest BCUT2D eigenvalue weighted by Gasteiger charge is -2.47. The number of carbonyl (C=O) groups excluding carboxylic acids is 3. The van der Waals surface area contributed by atoms with Gasteiger partial charge in [0.15, 0.2) is 0 Å². The predicted octanol–water partition coefficient (Wildman–Crippen LogP) is 2.06. The molecular formula is C26H30FN5O4. The number of ether oxygens (including phenoxy) is 1. The number of aromatic nitrogens is 1. The number of fused-ring (bicyclic) bond motifs is 1. The van der Waals surface area contributed by atoms with Gasteiger partial charge in [-0.3, -0.25) is 19.3 Å². The molecule has 4 heterocycles. The maximum absolute atomic E-state index is 13.8. The van der Waals surface area contributed by atoms with Gasteiger partial charge < -0.3 is 25.7 Å². The van der Waals surface area contributed by atoms with Crippen molar-refractivity contribution in [3.63, 3.8) is 0 Å². The van der Waals surface area contributed by atoms with Crippen LogP contribution in [0, 0.1) is 19.7 Å². The lowest BCUT2D eigenvalue weighted by molar-refractivity contribution is -0.137. The minimum Gasteiger partial charge on any atom is -0.379 e. The van der Waals surface area contributed by atoms with E-state index in [-0.39, 0.29) is 17.7 Å². The second kappa shape index (κ2) is 9.18. The zero-order valence-corrected chi connectivity index (χ0v) is 20.4. The molecule has 0 radical (unpaired) electrons. The van der Waals surface area contributed by atoms with Gasteiger partial charge in [-0.05, 0) is 56.5 Å². The van der Waals surface area contributed by atoms with Gasteiger partial charge in [0, 0.05) is 48.8 Å². The molecule has 0 unspecified atom stereocenters. The molecule has 2 fully saturated rings. The number of morpholine rings is 1. The molecule has 3 aliphatic heterocycles. The molecular weight excluding hydrogens is 465 g/mol. The number of nitrogens with two attached hydrogens (primary N) is 1. The fourth-order valence-corrected chi connectivity index (χ4v) is 5.63. The Morgan fingerprint density at radius 2 is 1.83 bits per heavy atom. The van der Waals surface area contributed by atoms with Crippen molar-refractivity contribution in [3.05, 3.63) is 52.1 Å². The summed E-state index contributed by atoms with van der Waals surface area (Å²) in [5.74, 6) is -1.24. The molecule has 0 atom stereocenters. The minimum atomic E-state index is -0.767. The number of carbonyl (C=O) groups is 3. The zero-order chi connectivity index (χ0) is 25.6. The first-order chi connectivity index (χ1) is 17.2. The van der Waals surface area contributed by atoms with Gasteiger partial charge in [0.1, 0.15) is 11.4 Å². The lowest BCUT2D eigenvalue weighted by Crippen LogP contribution is -2.64. The second-order valence-electron chi connectivity index (χ2n) is 9.65. The van der Waals surface area contributed by atoms with Crippen LogP contribution in [0.2, 0.25) is 0 Å². The molecule has 3 amide bonds. The molecule has 1 aromatic carbocycles. The van der Waals surface area contributed by atoms with E-state index in [1.807, 2.05) is 13.8 Å². The van der Waals surface area contributed by atoms with Gasteiger partial charge in [-0.25, -0.2) is 4.39 Å². The number of aromatic amines is 1. The fourth-order valence-electron chi connectivity index (χ4n) is 5.63. The van der Waals surface area contributed by atoms with E-state index in [0.29, 0.717) is 91.6 Å². The van der Waals surface area contributed by atoms with Crippen LogP contribution in [-0.4, -0.2) is 77.4 Å². The number of likely N-dealkylation sites (tertiary alicyclic amines) is 1. The highest BCUT2D eigenvalue weighted by atomic mass is 19.1. The van der Waals surface area contributed by atoms with Gasteiger partial charge >= 0.3 is 0 Å². The molecule has 0 bridgehead atoms. The van der Waals surface area contributed by atoms with Crippen molar-refractivity contribution >= 4 is 35.1 Å². The largest absolute Gasteiger partial charge is 0.379 e. The van der Waals surface area contributed by atoms with Crippen molar-refractivity contribution in [3.8, 4) is 0 Å². The van der Waals surface area contributed by atoms with Crippen LogP contribution in [0.25, 0.3) is 11.6 Å². The van der Waals surface area contributed by atoms with E-state index in [9.17, 15) is 18.8 Å². The van der Waals surface area contributed by atoms with Gasteiger partial charge in [0.25, 0.3) is 11.8 Å². The number of aryl methyl sites for hydroxylation is 1. The number of amides is 3. The number of H-pyrrole nitrogens is 1. The molecule has 0 aliphatic carbocycles. The fraction of sp³-hybridized carbons (Fsp3) is 0.423. The van der Waals surface area contributed by atoms with Crippen LogP contribution >= 0.6 is 0 Å². The first kappa shape index (κ1) is 24.2. The maximum Gasteiger partial charge on any atom is 0.256 e. The van der Waals surface area contributed by atoms with Crippen molar-refractivity contribution in [2.75, 3.05) is 44.7 Å². The second-order valence-corrected chi connectivity index (χ2v) is 9.65. The normalized spacial score (nSPS) is 20.9. The zero-order valence-electron chi connectivity index (χ0n) is 20.4. The Labute approximate surface area is 208 Å². The maximum atomic E-state index is 13.8. The first-order valence-electron chi connectivity index (χ1n) is 12.2. The Balaban J connectivity index is 1.38. The van der Waals surface area contributed by atoms with Crippen LogP contribution in [0.5, 0.6) is 0 Å². The summed E-state index contributed by atoms with van der Waals surface area (Å²) >= 11 is 0. The number of anilines is 1. The summed E-state index contributed by atoms with van der Waals surface area (Å²) in [6.07, 6.45) is 2.60. The van der Waals surface area contributed by atoms with Crippen LogP contribution in [-0.2, 0) is 14.3 Å². The average Bonchev–Trinajstić information content (AvgIpc) is 3.33. The minimum absolute atomic E-state index is 0.131. The number of primary amides is 1. The third-order valence-electron chi connectivity index (χ3n) is 7.70. The number of nitrogens with one attached hydrogen (secondary N) is 2. The van der Waals surface area contributed by atoms with Crippen LogP contribution in [0.4, 0.5) is 10.1 Å². The number of benzene rings is 1. The first-order valence-corrected chi connectivity index (χ1v) is 12.2. The number of nitrogens with zero attached hydrogens (tertiary/aromatic N) is 2. The van der Waals surface area contributed by atoms with E-state index >= 15 is 0 Å². The molecule has 3 aliphatic rings. The predicted molar refractivity (Wildman–Crippen MR) is 133 cm³/mol. The summed E-state index contributed by atoms with van der Waals surface area (Å²) in [6, 6.07) is 4.15. The smallest absolute Gasteiger partial charge is 0.256 e. The Kier molecular flexibility index (Phi) is 6.17. The molecule has 10 heteroatoms. The molecule has 1 aromatic heterocycles. The van der Waals surface area contributed by atoms with Crippen molar-refractivity contribution in [1.29, 1.82) is 0 Å². The third-order valence-corrected chi connectivity index (χ3v) is 7.70. The van der Waals surface area contributed by atoms with Crippen LogP contribution in [0.15, 0.2) is 18.2 Å². The van der Waals surface area contributed by atoms with E-state index < -0.39 is 11.4 Å². The Bertz CT molecular complexity index is 1270. The van der Waals surface area contributed by atoms with Gasteiger partial charge in [-0.15, -0.1) is 0 Å². The summed E-state index contributed by atoms with van der Waals surface area (Å²) in [7, 11) is 0. The Morgan fingerprint density at radius 3 is 2.50 bits per heavy atom. The lowest BCUT2D eigenvalue weighted by atomic mass is 9.84. The monoisotopic (exact) mass is 495 g/mol. The molecule has 9 nitrogen and oxygen atoms in total. The number of hydrogen-bond donors (Lipinski definition) is 3. The van der Waals surface area contributed by atoms with E-state index in [1.165, 1.54) is 18.2 Å². The highest BCUT2D eigenvalue weighted by Gasteiger charge is 2.46. The van der Waals surface area contributed by atoms with Crippen LogP contribution in [0.3, 0.4) is 0 Å². The molecule has 5 rings (SSSR count). The number of hydrogen-bond acceptors (Lipinski definition) is 5. The van der Waals surface area contributed by atoms with Crippen LogP contribution < -0.4 is 11.1 Å².